The molecule has 1 atom stereocenters. The molecular weight excluding hydrogens is 254 g/mol. The van der Waals surface area contributed by atoms with Crippen molar-refractivity contribution in [1.29, 1.82) is 0 Å². The lowest BCUT2D eigenvalue weighted by atomic mass is 10.1. The van der Waals surface area contributed by atoms with Crippen LogP contribution in [0, 0.1) is 6.92 Å². The highest BCUT2D eigenvalue weighted by Gasteiger charge is 2.20. The van der Waals surface area contributed by atoms with Crippen molar-refractivity contribution >= 4 is 5.91 Å². The smallest absolute Gasteiger partial charge is 0.234 e. The number of H-pyrrole nitrogens is 1. The molecule has 0 aromatic carbocycles. The van der Waals surface area contributed by atoms with Crippen LogP contribution in [0.15, 0.2) is 6.20 Å². The summed E-state index contributed by atoms with van der Waals surface area (Å²) in [6.45, 7) is 6.42. The average molecular weight is 279 g/mol. The van der Waals surface area contributed by atoms with Crippen molar-refractivity contribution < 1.29 is 4.79 Å². The molecule has 1 aromatic heterocycles. The standard InChI is InChI=1S/C14H25N5O/c1-10-8-16-14(17-10)11(2)18-13(20)9-19(3)12-4-6-15-7-5-12/h8,11-12,15H,4-7,9H2,1-3H3,(H,16,17)(H,18,20). The van der Waals surface area contributed by atoms with Crippen LogP contribution in [0.3, 0.4) is 0 Å². The largest absolute Gasteiger partial charge is 0.345 e. The SMILES string of the molecule is Cc1cnc(C(C)NC(=O)CN(C)C2CCNCC2)[nH]1. The van der Waals surface area contributed by atoms with Gasteiger partial charge >= 0.3 is 0 Å². The van der Waals surface area contributed by atoms with Crippen LogP contribution in [0.1, 0.15) is 37.3 Å². The number of hydrogen-bond acceptors (Lipinski definition) is 4. The van der Waals surface area contributed by atoms with Crippen molar-refractivity contribution in [3.63, 3.8) is 0 Å². The lowest BCUT2D eigenvalue weighted by Gasteiger charge is -2.31. The molecule has 1 aliphatic heterocycles. The van der Waals surface area contributed by atoms with Gasteiger partial charge in [0.1, 0.15) is 5.82 Å². The Morgan fingerprint density at radius 2 is 2.25 bits per heavy atom. The van der Waals surface area contributed by atoms with Gasteiger partial charge in [-0.25, -0.2) is 4.98 Å². The third kappa shape index (κ3) is 4.05. The van der Waals surface area contributed by atoms with Gasteiger partial charge in [0.25, 0.3) is 0 Å². The zero-order valence-electron chi connectivity index (χ0n) is 12.6. The van der Waals surface area contributed by atoms with Gasteiger partial charge in [0.05, 0.1) is 12.6 Å². The van der Waals surface area contributed by atoms with Crippen LogP contribution in [0.4, 0.5) is 0 Å². The molecule has 6 nitrogen and oxygen atoms in total. The zero-order chi connectivity index (χ0) is 14.5. The van der Waals surface area contributed by atoms with Crippen LogP contribution < -0.4 is 10.6 Å². The molecule has 0 spiro atoms. The number of carbonyl (C=O) groups is 1. The molecule has 0 aliphatic carbocycles. The molecule has 1 aromatic rings. The van der Waals surface area contributed by atoms with Gasteiger partial charge in [-0.1, -0.05) is 0 Å². The predicted molar refractivity (Wildman–Crippen MR) is 78.4 cm³/mol. The average Bonchev–Trinajstić information content (AvgIpc) is 2.86. The second-order valence-corrected chi connectivity index (χ2v) is 5.64. The molecule has 1 fully saturated rings. The fourth-order valence-corrected chi connectivity index (χ4v) is 2.61. The number of amides is 1. The van der Waals surface area contributed by atoms with Crippen LogP contribution in [0.2, 0.25) is 0 Å². The predicted octanol–water partition coefficient (Wildman–Crippen LogP) is 0.579. The van der Waals surface area contributed by atoms with Gasteiger partial charge in [-0.15, -0.1) is 0 Å². The third-order valence-corrected chi connectivity index (χ3v) is 3.84. The van der Waals surface area contributed by atoms with Gasteiger partial charge in [0.15, 0.2) is 0 Å². The van der Waals surface area contributed by atoms with E-state index in [4.69, 9.17) is 0 Å². The van der Waals surface area contributed by atoms with Crippen LogP contribution in [-0.4, -0.2) is 53.5 Å². The Morgan fingerprint density at radius 3 is 2.85 bits per heavy atom. The summed E-state index contributed by atoms with van der Waals surface area (Å²) in [5, 5.41) is 6.33. The molecule has 1 amide bonds. The number of imidazole rings is 1. The maximum Gasteiger partial charge on any atom is 0.234 e. The molecule has 1 saturated heterocycles. The summed E-state index contributed by atoms with van der Waals surface area (Å²) in [7, 11) is 2.03. The van der Waals surface area contributed by atoms with Gasteiger partial charge in [-0.3, -0.25) is 9.69 Å². The molecule has 1 unspecified atom stereocenters. The first-order valence-electron chi connectivity index (χ1n) is 7.28. The van der Waals surface area contributed by atoms with Crippen LogP contribution >= 0.6 is 0 Å². The normalized spacial score (nSPS) is 18.2. The fraction of sp³-hybridized carbons (Fsp3) is 0.714. The van der Waals surface area contributed by atoms with E-state index in [0.717, 1.165) is 37.4 Å². The maximum atomic E-state index is 12.1. The number of piperidine rings is 1. The van der Waals surface area contributed by atoms with Crippen LogP contribution in [-0.2, 0) is 4.79 Å². The van der Waals surface area contributed by atoms with E-state index in [0.29, 0.717) is 12.6 Å². The van der Waals surface area contributed by atoms with Crippen molar-refractivity contribution in [3.05, 3.63) is 17.7 Å². The van der Waals surface area contributed by atoms with E-state index < -0.39 is 0 Å². The number of nitrogens with one attached hydrogen (secondary N) is 3. The summed E-state index contributed by atoms with van der Waals surface area (Å²) < 4.78 is 0. The van der Waals surface area contributed by atoms with Crippen molar-refractivity contribution in [2.24, 2.45) is 0 Å². The minimum absolute atomic E-state index is 0.0487. The van der Waals surface area contributed by atoms with Crippen LogP contribution in [0.25, 0.3) is 0 Å². The van der Waals surface area contributed by atoms with Gasteiger partial charge in [0.2, 0.25) is 5.91 Å². The Kier molecular flexibility index (Phi) is 5.14. The van der Waals surface area contributed by atoms with E-state index in [1.54, 1.807) is 6.20 Å². The molecular formula is C14H25N5O. The summed E-state index contributed by atoms with van der Waals surface area (Å²) in [6, 6.07) is 0.417. The Bertz CT molecular complexity index is 439. The Hall–Kier alpha value is -1.40. The first-order valence-corrected chi connectivity index (χ1v) is 7.28. The van der Waals surface area contributed by atoms with E-state index in [1.165, 1.54) is 0 Å². The first-order chi connectivity index (χ1) is 9.56. The zero-order valence-corrected chi connectivity index (χ0v) is 12.6. The first kappa shape index (κ1) is 15.0. The Labute approximate surface area is 120 Å². The summed E-state index contributed by atoms with van der Waals surface area (Å²) in [5.41, 5.74) is 1.01. The minimum atomic E-state index is -0.0855. The van der Waals surface area contributed by atoms with Gasteiger partial charge < -0.3 is 15.6 Å². The number of rotatable bonds is 5. The molecule has 3 N–H and O–H groups in total. The lowest BCUT2D eigenvalue weighted by molar-refractivity contribution is -0.123. The number of likely N-dealkylation sites (N-methyl/N-ethyl adjacent to an activating group) is 1. The van der Waals surface area contributed by atoms with E-state index in [-0.39, 0.29) is 11.9 Å². The fourth-order valence-electron chi connectivity index (χ4n) is 2.61. The molecule has 0 saturated carbocycles. The molecule has 6 heteroatoms. The van der Waals surface area contributed by atoms with E-state index in [2.05, 4.69) is 25.5 Å². The number of aromatic amines is 1. The molecule has 112 valence electrons. The van der Waals surface area contributed by atoms with Gasteiger partial charge in [-0.2, -0.15) is 0 Å². The van der Waals surface area contributed by atoms with Crippen molar-refractivity contribution in [3.8, 4) is 0 Å². The van der Waals surface area contributed by atoms with Gasteiger partial charge in [-0.05, 0) is 46.8 Å². The van der Waals surface area contributed by atoms with E-state index in [9.17, 15) is 4.79 Å². The van der Waals surface area contributed by atoms with Crippen molar-refractivity contribution in [2.45, 2.75) is 38.8 Å². The minimum Gasteiger partial charge on any atom is -0.345 e. The monoisotopic (exact) mass is 279 g/mol. The molecule has 2 rings (SSSR count). The molecule has 0 bridgehead atoms. The Balaban J connectivity index is 1.79. The number of nitrogens with zero attached hydrogens (tertiary/aromatic N) is 2. The second kappa shape index (κ2) is 6.85. The highest BCUT2D eigenvalue weighted by Crippen LogP contribution is 2.10. The van der Waals surface area contributed by atoms with E-state index in [1.807, 2.05) is 20.9 Å². The number of hydrogen-bond donors (Lipinski definition) is 3. The van der Waals surface area contributed by atoms with Crippen molar-refractivity contribution in [1.82, 2.24) is 25.5 Å². The highest BCUT2D eigenvalue weighted by atomic mass is 16.2. The molecule has 2 heterocycles. The number of aryl methyl sites for hydroxylation is 1. The highest BCUT2D eigenvalue weighted by molar-refractivity contribution is 5.78. The lowest BCUT2D eigenvalue weighted by Crippen LogP contribution is -2.45. The number of carbonyl (C=O) groups excluding carboxylic acids is 1. The summed E-state index contributed by atoms with van der Waals surface area (Å²) in [4.78, 5) is 21.6. The third-order valence-electron chi connectivity index (χ3n) is 3.84. The summed E-state index contributed by atoms with van der Waals surface area (Å²) in [6.07, 6.45) is 3.99. The molecule has 20 heavy (non-hydrogen) atoms. The maximum absolute atomic E-state index is 12.1. The van der Waals surface area contributed by atoms with Crippen molar-refractivity contribution in [2.75, 3.05) is 26.7 Å². The molecule has 0 radical (unpaired) electrons. The van der Waals surface area contributed by atoms with E-state index >= 15 is 0 Å². The van der Waals surface area contributed by atoms with Gasteiger partial charge in [0, 0.05) is 17.9 Å². The quantitative estimate of drug-likeness (QED) is 0.737. The summed E-state index contributed by atoms with van der Waals surface area (Å²) in [5.74, 6) is 0.855. The summed E-state index contributed by atoms with van der Waals surface area (Å²) >= 11 is 0. The molecule has 1 aliphatic rings. The Morgan fingerprint density at radius 1 is 1.55 bits per heavy atom. The van der Waals surface area contributed by atoms with Crippen LogP contribution in [0.5, 0.6) is 0 Å². The topological polar surface area (TPSA) is 73.1 Å². The second-order valence-electron chi connectivity index (χ2n) is 5.64. The number of aromatic nitrogens is 2.